The summed E-state index contributed by atoms with van der Waals surface area (Å²) >= 11 is 12.9. The highest BCUT2D eigenvalue weighted by Crippen LogP contribution is 2.49. The van der Waals surface area contributed by atoms with Crippen LogP contribution in [0.2, 0.25) is 36.3 Å². The van der Waals surface area contributed by atoms with Gasteiger partial charge in [0.25, 0.3) is 0 Å². The Bertz CT molecular complexity index is 989. The first-order valence-electron chi connectivity index (χ1n) is 13.3. The maximum Gasteiger partial charge on any atom is 0.345 e. The number of aliphatic hydroxyl groups excluding tert-OH is 1. The van der Waals surface area contributed by atoms with Crippen LogP contribution in [0.4, 0.5) is 0 Å². The second-order valence-corrected chi connectivity index (χ2v) is 24.9. The standard InChI is InChI=1S/C28H47Cl2NO5Si2/c1-19(36-38(10,11)27(5,6)7)23-21(31(24(23)33)37(8,9)26(2,3)4)17-22(32)28(29,30)25(34)35-18-20-15-13-12-14-16-20/h12-16,19,21-23,32H,17-18H2,1-11H3/t19?,21?,22?,23-/m1/s1. The van der Waals surface area contributed by atoms with Gasteiger partial charge in [0, 0.05) is 6.04 Å². The minimum absolute atomic E-state index is 0.00833. The molecule has 3 unspecified atom stereocenters. The monoisotopic (exact) mass is 603 g/mol. The number of halogens is 2. The fourth-order valence-electron chi connectivity index (χ4n) is 4.43. The fourth-order valence-corrected chi connectivity index (χ4v) is 8.67. The van der Waals surface area contributed by atoms with Crippen LogP contribution in [-0.4, -0.2) is 60.7 Å². The minimum Gasteiger partial charge on any atom is -0.459 e. The Balaban J connectivity index is 2.30. The molecule has 1 aromatic rings. The molecule has 10 heteroatoms. The lowest BCUT2D eigenvalue weighted by atomic mass is 9.82. The average molecular weight is 605 g/mol. The molecule has 0 radical (unpaired) electrons. The molecule has 1 aliphatic rings. The Kier molecular flexibility index (Phi) is 10.1. The Morgan fingerprint density at radius 1 is 1.03 bits per heavy atom. The molecule has 1 aromatic carbocycles. The van der Waals surface area contributed by atoms with Crippen molar-refractivity contribution in [3.05, 3.63) is 35.9 Å². The van der Waals surface area contributed by atoms with E-state index >= 15 is 0 Å². The molecule has 0 saturated carbocycles. The highest BCUT2D eigenvalue weighted by atomic mass is 35.5. The third-order valence-electron chi connectivity index (χ3n) is 8.87. The van der Waals surface area contributed by atoms with Gasteiger partial charge in [0.1, 0.15) is 6.61 Å². The lowest BCUT2D eigenvalue weighted by Crippen LogP contribution is -2.75. The molecule has 6 nitrogen and oxygen atoms in total. The summed E-state index contributed by atoms with van der Waals surface area (Å²) in [6.07, 6.45) is -1.75. The van der Waals surface area contributed by atoms with E-state index in [1.807, 2.05) is 41.8 Å². The van der Waals surface area contributed by atoms with Crippen LogP contribution in [0, 0.1) is 5.92 Å². The van der Waals surface area contributed by atoms with Crippen molar-refractivity contribution in [2.45, 2.75) is 120 Å². The maximum absolute atomic E-state index is 13.7. The van der Waals surface area contributed by atoms with Crippen molar-refractivity contribution in [1.82, 2.24) is 4.57 Å². The first-order valence-corrected chi connectivity index (χ1v) is 19.9. The van der Waals surface area contributed by atoms with Gasteiger partial charge in [-0.1, -0.05) is 108 Å². The zero-order valence-electron chi connectivity index (χ0n) is 24.9. The number of aliphatic hydroxyl groups is 1. The molecule has 4 atom stereocenters. The third-order valence-corrected chi connectivity index (χ3v) is 19.7. The van der Waals surface area contributed by atoms with Crippen LogP contribution in [0.5, 0.6) is 0 Å². The number of nitrogens with zero attached hydrogens (tertiary/aromatic N) is 1. The number of alkyl halides is 2. The highest BCUT2D eigenvalue weighted by molar-refractivity contribution is 6.80. The van der Waals surface area contributed by atoms with Gasteiger partial charge in [-0.2, -0.15) is 0 Å². The summed E-state index contributed by atoms with van der Waals surface area (Å²) in [5.74, 6) is -1.34. The van der Waals surface area contributed by atoms with Crippen molar-refractivity contribution >= 4 is 51.6 Å². The molecule has 1 aliphatic heterocycles. The third kappa shape index (κ3) is 6.86. The summed E-state index contributed by atoms with van der Waals surface area (Å²) in [6, 6.07) is 8.81. The molecule has 0 aromatic heterocycles. The van der Waals surface area contributed by atoms with E-state index < -0.39 is 38.9 Å². The maximum atomic E-state index is 13.7. The molecular formula is C28H47Cl2NO5Si2. The normalized spacial score (nSPS) is 21.1. The highest BCUT2D eigenvalue weighted by Gasteiger charge is 2.61. The number of hydrogen-bond acceptors (Lipinski definition) is 5. The van der Waals surface area contributed by atoms with E-state index in [9.17, 15) is 14.7 Å². The van der Waals surface area contributed by atoms with E-state index in [0.29, 0.717) is 0 Å². The summed E-state index contributed by atoms with van der Waals surface area (Å²) < 4.78 is 11.7. The first kappa shape index (κ1) is 33.3. The van der Waals surface area contributed by atoms with Gasteiger partial charge in [-0.25, -0.2) is 4.79 Å². The summed E-state index contributed by atoms with van der Waals surface area (Å²) in [7, 11) is -4.48. The summed E-state index contributed by atoms with van der Waals surface area (Å²) in [5.41, 5.74) is 0.782. The first-order chi connectivity index (χ1) is 17.1. The van der Waals surface area contributed by atoms with E-state index in [0.717, 1.165) is 5.56 Å². The molecule has 0 bridgehead atoms. The predicted octanol–water partition coefficient (Wildman–Crippen LogP) is 6.90. The quantitative estimate of drug-likeness (QED) is 0.136. The smallest absolute Gasteiger partial charge is 0.345 e. The summed E-state index contributed by atoms with van der Waals surface area (Å²) in [5, 5.41) is 11.1. The molecule has 1 amide bonds. The van der Waals surface area contributed by atoms with Gasteiger partial charge >= 0.3 is 5.97 Å². The van der Waals surface area contributed by atoms with E-state index in [1.165, 1.54) is 0 Å². The van der Waals surface area contributed by atoms with Crippen molar-refractivity contribution in [3.63, 3.8) is 0 Å². The number of ether oxygens (including phenoxy) is 1. The zero-order valence-corrected chi connectivity index (χ0v) is 28.4. The van der Waals surface area contributed by atoms with Crippen molar-refractivity contribution < 1.29 is 23.9 Å². The van der Waals surface area contributed by atoms with Crippen LogP contribution in [-0.2, 0) is 25.4 Å². The number of esters is 1. The van der Waals surface area contributed by atoms with Gasteiger partial charge in [-0.3, -0.25) is 4.79 Å². The summed E-state index contributed by atoms with van der Waals surface area (Å²) in [6.45, 7) is 23.5. The van der Waals surface area contributed by atoms with Gasteiger partial charge in [-0.15, -0.1) is 0 Å². The van der Waals surface area contributed by atoms with Crippen molar-refractivity contribution in [1.29, 1.82) is 0 Å². The van der Waals surface area contributed by atoms with Gasteiger partial charge in [-0.05, 0) is 42.1 Å². The van der Waals surface area contributed by atoms with Crippen molar-refractivity contribution in [2.24, 2.45) is 5.92 Å². The van der Waals surface area contributed by atoms with Crippen molar-refractivity contribution in [2.75, 3.05) is 0 Å². The van der Waals surface area contributed by atoms with Gasteiger partial charge in [0.2, 0.25) is 10.2 Å². The van der Waals surface area contributed by atoms with Gasteiger partial charge in [0.05, 0.1) is 18.1 Å². The molecule has 1 heterocycles. The lowest BCUT2D eigenvalue weighted by molar-refractivity contribution is -0.157. The SMILES string of the molecule is CC(O[Si](C)(C)C(C)(C)C)[C@H]1C(=O)N([Si](C)(C)C(C)(C)C)C1CC(O)C(Cl)(Cl)C(=O)OCc1ccccc1. The molecule has 216 valence electrons. The molecule has 2 rings (SSSR count). The molecule has 1 N–H and O–H groups in total. The number of carbonyl (C=O) groups is 2. The van der Waals surface area contributed by atoms with Crippen LogP contribution >= 0.6 is 23.2 Å². The number of rotatable bonds is 10. The number of hydrogen-bond donors (Lipinski definition) is 1. The van der Waals surface area contributed by atoms with Crippen LogP contribution in [0.25, 0.3) is 0 Å². The molecule has 1 fully saturated rings. The van der Waals surface area contributed by atoms with E-state index in [-0.39, 0.29) is 41.2 Å². The largest absolute Gasteiger partial charge is 0.459 e. The number of benzene rings is 1. The molecule has 0 aliphatic carbocycles. The summed E-state index contributed by atoms with van der Waals surface area (Å²) in [4.78, 5) is 26.6. The second kappa shape index (κ2) is 11.5. The fraction of sp³-hybridized carbons (Fsp3) is 0.714. The lowest BCUT2D eigenvalue weighted by Gasteiger charge is -2.60. The van der Waals surface area contributed by atoms with Gasteiger partial charge in [0.15, 0.2) is 16.6 Å². The number of β-lactam (4-membered cyclic amide) rings is 1. The average Bonchev–Trinajstić information content (AvgIpc) is 2.75. The molecule has 1 saturated heterocycles. The van der Waals surface area contributed by atoms with Crippen LogP contribution in [0.15, 0.2) is 30.3 Å². The Labute approximate surface area is 241 Å². The van der Waals surface area contributed by atoms with E-state index in [2.05, 4.69) is 67.7 Å². The van der Waals surface area contributed by atoms with Crippen LogP contribution in [0.1, 0.15) is 60.5 Å². The molecule has 38 heavy (non-hydrogen) atoms. The van der Waals surface area contributed by atoms with Crippen molar-refractivity contribution in [3.8, 4) is 0 Å². The van der Waals surface area contributed by atoms with Gasteiger partial charge < -0.3 is 18.8 Å². The zero-order chi connectivity index (χ0) is 29.5. The molecule has 0 spiro atoms. The molecular weight excluding hydrogens is 557 g/mol. The number of carbonyl (C=O) groups excluding carboxylic acids is 2. The predicted molar refractivity (Wildman–Crippen MR) is 160 cm³/mol. The van der Waals surface area contributed by atoms with E-state index in [1.54, 1.807) is 0 Å². The topological polar surface area (TPSA) is 76.1 Å². The minimum atomic E-state index is -2.32. The van der Waals surface area contributed by atoms with Crippen LogP contribution < -0.4 is 0 Å². The van der Waals surface area contributed by atoms with Crippen LogP contribution in [0.3, 0.4) is 0 Å². The Hall–Kier alpha value is -0.906. The Morgan fingerprint density at radius 2 is 1.55 bits per heavy atom. The number of amides is 1. The van der Waals surface area contributed by atoms with E-state index in [4.69, 9.17) is 32.4 Å². The Morgan fingerprint density at radius 3 is 2.03 bits per heavy atom. The second-order valence-electron chi connectivity index (χ2n) is 13.6.